The number of nitro groups is 1. The van der Waals surface area contributed by atoms with Crippen LogP contribution in [0.4, 0.5) is 5.69 Å². The molecule has 5 nitrogen and oxygen atoms in total. The second-order valence-electron chi connectivity index (χ2n) is 8.75. The third kappa shape index (κ3) is 4.24. The fourth-order valence-electron chi connectivity index (χ4n) is 5.05. The van der Waals surface area contributed by atoms with E-state index in [9.17, 15) is 14.9 Å². The van der Waals surface area contributed by atoms with Gasteiger partial charge in [0.05, 0.1) is 23.0 Å². The topological polar surface area (TPSA) is 63.2 Å². The summed E-state index contributed by atoms with van der Waals surface area (Å²) in [7, 11) is 0. The monoisotopic (exact) mass is 438 g/mol. The molecule has 33 heavy (non-hydrogen) atoms. The smallest absolute Gasteiger partial charge is 0.269 e. The molecule has 0 amide bonds. The van der Waals surface area contributed by atoms with Crippen LogP contribution in [0.2, 0.25) is 0 Å². The van der Waals surface area contributed by atoms with Gasteiger partial charge >= 0.3 is 0 Å². The van der Waals surface area contributed by atoms with E-state index in [0.29, 0.717) is 0 Å². The number of nitrogens with zero attached hydrogens (tertiary/aromatic N) is 2. The van der Waals surface area contributed by atoms with Crippen molar-refractivity contribution in [2.45, 2.75) is 43.8 Å². The van der Waals surface area contributed by atoms with Crippen LogP contribution < -0.4 is 0 Å². The maximum Gasteiger partial charge on any atom is 0.269 e. The van der Waals surface area contributed by atoms with Gasteiger partial charge in [0.1, 0.15) is 0 Å². The molecule has 2 aliphatic rings. The summed E-state index contributed by atoms with van der Waals surface area (Å²) in [5, 5.41) is 11.2. The highest BCUT2D eigenvalue weighted by molar-refractivity contribution is 6.02. The van der Waals surface area contributed by atoms with Gasteiger partial charge in [-0.25, -0.2) is 0 Å². The van der Waals surface area contributed by atoms with E-state index in [2.05, 4.69) is 35.2 Å². The lowest BCUT2D eigenvalue weighted by molar-refractivity contribution is -0.384. The number of rotatable bonds is 7. The van der Waals surface area contributed by atoms with Gasteiger partial charge in [-0.3, -0.25) is 19.8 Å². The molecule has 0 saturated carbocycles. The molecule has 0 radical (unpaired) electrons. The van der Waals surface area contributed by atoms with Gasteiger partial charge < -0.3 is 0 Å². The lowest BCUT2D eigenvalue weighted by Gasteiger charge is -2.21. The average Bonchev–Trinajstić information content (AvgIpc) is 3.60. The zero-order valence-corrected chi connectivity index (χ0v) is 18.3. The van der Waals surface area contributed by atoms with Gasteiger partial charge in [0.2, 0.25) is 0 Å². The number of allylic oxidation sites excluding steroid dienone is 1. The van der Waals surface area contributed by atoms with Crippen molar-refractivity contribution in [2.75, 3.05) is 0 Å². The predicted molar refractivity (Wildman–Crippen MR) is 128 cm³/mol. The molecule has 0 spiro atoms. The molecule has 1 heterocycles. The first-order chi connectivity index (χ1) is 16.1. The Bertz CT molecular complexity index is 1130. The minimum absolute atomic E-state index is 0.0616. The molecule has 0 N–H and O–H groups in total. The summed E-state index contributed by atoms with van der Waals surface area (Å²) in [6.07, 6.45) is 6.07. The quantitative estimate of drug-likeness (QED) is 0.251. The van der Waals surface area contributed by atoms with Crippen LogP contribution in [0.25, 0.3) is 0 Å². The summed E-state index contributed by atoms with van der Waals surface area (Å²) in [5.41, 5.74) is 4.19. The van der Waals surface area contributed by atoms with Crippen molar-refractivity contribution < 1.29 is 9.72 Å². The van der Waals surface area contributed by atoms with Crippen molar-refractivity contribution in [3.8, 4) is 0 Å². The molecule has 3 aromatic rings. The number of non-ortho nitro benzene ring substituents is 1. The van der Waals surface area contributed by atoms with E-state index in [1.807, 2.05) is 36.4 Å². The maximum atomic E-state index is 13.7. The Morgan fingerprint density at radius 2 is 1.48 bits per heavy atom. The summed E-state index contributed by atoms with van der Waals surface area (Å²) >= 11 is 0. The molecule has 1 aliphatic heterocycles. The fourth-order valence-corrected chi connectivity index (χ4v) is 5.05. The molecule has 1 aliphatic carbocycles. The van der Waals surface area contributed by atoms with Crippen molar-refractivity contribution in [3.63, 3.8) is 0 Å². The lowest BCUT2D eigenvalue weighted by atomic mass is 9.93. The number of nitro benzene ring substituents is 1. The van der Waals surface area contributed by atoms with Crippen LogP contribution in [0.15, 0.2) is 96.6 Å². The van der Waals surface area contributed by atoms with Gasteiger partial charge in [-0.15, -0.1) is 0 Å². The van der Waals surface area contributed by atoms with Gasteiger partial charge in [0.15, 0.2) is 5.78 Å². The molecule has 3 aromatic carbocycles. The minimum Gasteiger partial charge on any atom is -0.293 e. The Morgan fingerprint density at radius 3 is 2.00 bits per heavy atom. The molecule has 3 atom stereocenters. The lowest BCUT2D eigenvalue weighted by Crippen LogP contribution is -2.20. The van der Waals surface area contributed by atoms with Gasteiger partial charge in [-0.05, 0) is 47.9 Å². The van der Waals surface area contributed by atoms with Crippen molar-refractivity contribution in [2.24, 2.45) is 0 Å². The standard InChI is InChI=1S/C28H26N2O3/c31-28(23-14-8-3-9-15-23)27-26(22-16-18-24(19-17-22)30(32)33)29(27)25(20-10-4-1-5-11-20)21-12-6-2-7-13-21/h1-2,4-7,10-14,16-19,25-27H,3,8-9,15H2. The first-order valence-corrected chi connectivity index (χ1v) is 11.5. The third-order valence-electron chi connectivity index (χ3n) is 6.70. The Morgan fingerprint density at radius 1 is 0.879 bits per heavy atom. The van der Waals surface area contributed by atoms with Crippen LogP contribution in [0.1, 0.15) is 54.5 Å². The van der Waals surface area contributed by atoms with E-state index >= 15 is 0 Å². The minimum atomic E-state index is -0.388. The second kappa shape index (κ2) is 9.12. The van der Waals surface area contributed by atoms with Gasteiger partial charge in [0.25, 0.3) is 5.69 Å². The van der Waals surface area contributed by atoms with Gasteiger partial charge in [-0.2, -0.15) is 0 Å². The van der Waals surface area contributed by atoms with Crippen molar-refractivity contribution in [1.82, 2.24) is 4.90 Å². The number of benzene rings is 3. The molecule has 0 bridgehead atoms. The molecule has 5 heteroatoms. The zero-order chi connectivity index (χ0) is 22.8. The SMILES string of the molecule is O=C(C1=CCCCC1)C1C(c2ccc([N+](=O)[O-])cc2)N1C(c1ccccc1)c1ccccc1. The fraction of sp³-hybridized carbons (Fsp3) is 0.250. The van der Waals surface area contributed by atoms with Crippen LogP contribution in [0.5, 0.6) is 0 Å². The summed E-state index contributed by atoms with van der Waals surface area (Å²) in [6, 6.07) is 26.7. The predicted octanol–water partition coefficient (Wildman–Crippen LogP) is 6.18. The number of hydrogen-bond acceptors (Lipinski definition) is 4. The first-order valence-electron chi connectivity index (χ1n) is 11.5. The van der Waals surface area contributed by atoms with Crippen LogP contribution in [0.3, 0.4) is 0 Å². The Hall–Kier alpha value is -3.57. The van der Waals surface area contributed by atoms with Crippen LogP contribution in [0, 0.1) is 10.1 Å². The highest BCUT2D eigenvalue weighted by Gasteiger charge is 2.57. The number of carbonyl (C=O) groups excluding carboxylic acids is 1. The van der Waals surface area contributed by atoms with Crippen LogP contribution >= 0.6 is 0 Å². The van der Waals surface area contributed by atoms with Crippen molar-refractivity contribution in [1.29, 1.82) is 0 Å². The van der Waals surface area contributed by atoms with Gasteiger partial charge in [0, 0.05) is 12.1 Å². The number of ketones is 1. The van der Waals surface area contributed by atoms with Crippen molar-refractivity contribution in [3.05, 3.63) is 123 Å². The zero-order valence-electron chi connectivity index (χ0n) is 18.3. The molecular weight excluding hydrogens is 412 g/mol. The van der Waals surface area contributed by atoms with E-state index in [-0.39, 0.29) is 34.5 Å². The Balaban J connectivity index is 1.57. The average molecular weight is 439 g/mol. The normalized spacial score (nSPS) is 22.0. The summed E-state index contributed by atoms with van der Waals surface area (Å²) in [6.45, 7) is 0. The molecule has 5 rings (SSSR count). The number of hydrogen-bond donors (Lipinski definition) is 0. The third-order valence-corrected chi connectivity index (χ3v) is 6.70. The number of Topliss-reactive ketones (excluding diaryl/α,β-unsaturated/α-hetero) is 1. The van der Waals surface area contributed by atoms with E-state index in [1.54, 1.807) is 12.1 Å². The Kier molecular flexibility index (Phi) is 5.88. The van der Waals surface area contributed by atoms with Crippen molar-refractivity contribution >= 4 is 11.5 Å². The number of carbonyl (C=O) groups is 1. The van der Waals surface area contributed by atoms with E-state index in [4.69, 9.17) is 0 Å². The second-order valence-corrected chi connectivity index (χ2v) is 8.75. The first kappa shape index (κ1) is 21.3. The van der Waals surface area contributed by atoms with Gasteiger partial charge in [-0.1, -0.05) is 78.9 Å². The molecule has 1 fully saturated rings. The van der Waals surface area contributed by atoms with E-state index < -0.39 is 0 Å². The van der Waals surface area contributed by atoms with E-state index in [0.717, 1.165) is 47.9 Å². The molecule has 1 saturated heterocycles. The molecule has 3 unspecified atom stereocenters. The van der Waals surface area contributed by atoms with Crippen LogP contribution in [-0.2, 0) is 4.79 Å². The maximum absolute atomic E-state index is 13.7. The summed E-state index contributed by atoms with van der Waals surface area (Å²) in [4.78, 5) is 26.7. The molecule has 166 valence electrons. The highest BCUT2D eigenvalue weighted by Crippen LogP contribution is 2.53. The Labute approximate surface area is 193 Å². The van der Waals surface area contributed by atoms with Crippen LogP contribution in [-0.4, -0.2) is 21.6 Å². The molecule has 0 aromatic heterocycles. The largest absolute Gasteiger partial charge is 0.293 e. The summed E-state index contributed by atoms with van der Waals surface area (Å²) < 4.78 is 0. The highest BCUT2D eigenvalue weighted by atomic mass is 16.6. The summed E-state index contributed by atoms with van der Waals surface area (Å²) in [5.74, 6) is 0.190. The molecular formula is C28H26N2O3. The van der Waals surface area contributed by atoms with E-state index in [1.165, 1.54) is 12.1 Å².